The van der Waals surface area contributed by atoms with Crippen molar-refractivity contribution in [1.82, 2.24) is 5.06 Å². The highest BCUT2D eigenvalue weighted by atomic mass is 19.4. The Kier molecular flexibility index (Phi) is 4.44. The lowest BCUT2D eigenvalue weighted by molar-refractivity contribution is -0.144. The first-order valence-corrected chi connectivity index (χ1v) is 8.01. The molecular formula is C19H18F3NO3. The number of benzene rings is 2. The molecule has 2 unspecified atom stereocenters. The van der Waals surface area contributed by atoms with Gasteiger partial charge in [0.05, 0.1) is 12.7 Å². The average molecular weight is 365 g/mol. The molecule has 1 saturated heterocycles. The standard InChI is InChI=1S/C19H18F3NO3/c1-12-18(2,23(25-3)17(24)26-12)16-11-14(19(20,21)22)9-10-15(16)13-7-5-4-6-8-13/h4-12H,1-3H3. The molecule has 0 radical (unpaired) electrons. The molecule has 2 aromatic rings. The van der Waals surface area contributed by atoms with Gasteiger partial charge in [-0.15, -0.1) is 0 Å². The van der Waals surface area contributed by atoms with Gasteiger partial charge in [-0.05, 0) is 42.7 Å². The van der Waals surface area contributed by atoms with Crippen LogP contribution in [0.25, 0.3) is 11.1 Å². The van der Waals surface area contributed by atoms with Gasteiger partial charge < -0.3 is 4.74 Å². The molecule has 0 bridgehead atoms. The minimum Gasteiger partial charge on any atom is -0.442 e. The molecule has 2 atom stereocenters. The Balaban J connectivity index is 2.28. The molecular weight excluding hydrogens is 347 g/mol. The normalized spacial score (nSPS) is 23.2. The van der Waals surface area contributed by atoms with Gasteiger partial charge >= 0.3 is 12.3 Å². The lowest BCUT2D eigenvalue weighted by Crippen LogP contribution is -2.45. The summed E-state index contributed by atoms with van der Waals surface area (Å²) in [6.45, 7) is 3.26. The number of rotatable bonds is 3. The van der Waals surface area contributed by atoms with Crippen LogP contribution in [0.2, 0.25) is 0 Å². The maximum atomic E-state index is 13.3. The first kappa shape index (κ1) is 18.3. The van der Waals surface area contributed by atoms with Crippen molar-refractivity contribution >= 4 is 6.09 Å². The fraction of sp³-hybridized carbons (Fsp3) is 0.316. The molecule has 4 nitrogen and oxygen atoms in total. The Morgan fingerprint density at radius 2 is 1.81 bits per heavy atom. The zero-order valence-corrected chi connectivity index (χ0v) is 14.5. The number of carbonyl (C=O) groups excluding carboxylic acids is 1. The molecule has 138 valence electrons. The quantitative estimate of drug-likeness (QED) is 0.769. The molecule has 1 heterocycles. The maximum absolute atomic E-state index is 13.3. The van der Waals surface area contributed by atoms with Crippen molar-refractivity contribution in [1.29, 1.82) is 0 Å². The molecule has 1 aliphatic rings. The van der Waals surface area contributed by atoms with Gasteiger partial charge in [0, 0.05) is 0 Å². The SMILES string of the molecule is CON1C(=O)OC(C)C1(C)c1cc(C(F)(F)F)ccc1-c1ccccc1. The van der Waals surface area contributed by atoms with Gasteiger partial charge in [-0.25, -0.2) is 4.79 Å². The van der Waals surface area contributed by atoms with Crippen LogP contribution < -0.4 is 0 Å². The highest BCUT2D eigenvalue weighted by Gasteiger charge is 2.53. The van der Waals surface area contributed by atoms with Gasteiger partial charge in [0.1, 0.15) is 11.6 Å². The molecule has 0 aromatic heterocycles. The third-order valence-corrected chi connectivity index (χ3v) is 4.82. The minimum atomic E-state index is -4.51. The minimum absolute atomic E-state index is 0.304. The van der Waals surface area contributed by atoms with Crippen LogP contribution in [0.5, 0.6) is 0 Å². The summed E-state index contributed by atoms with van der Waals surface area (Å²) in [7, 11) is 1.29. The summed E-state index contributed by atoms with van der Waals surface area (Å²) in [5, 5.41) is 0.986. The Morgan fingerprint density at radius 3 is 2.38 bits per heavy atom. The second-order valence-electron chi connectivity index (χ2n) is 6.27. The van der Waals surface area contributed by atoms with Crippen LogP contribution in [-0.4, -0.2) is 24.4 Å². The molecule has 0 aliphatic carbocycles. The van der Waals surface area contributed by atoms with Crippen LogP contribution in [0.3, 0.4) is 0 Å². The van der Waals surface area contributed by atoms with Gasteiger partial charge in [0.15, 0.2) is 0 Å². The van der Waals surface area contributed by atoms with E-state index in [0.29, 0.717) is 11.1 Å². The molecule has 0 spiro atoms. The lowest BCUT2D eigenvalue weighted by Gasteiger charge is -2.35. The molecule has 0 N–H and O–H groups in total. The third-order valence-electron chi connectivity index (χ3n) is 4.82. The number of hydrogen-bond acceptors (Lipinski definition) is 3. The van der Waals surface area contributed by atoms with Crippen LogP contribution in [0.15, 0.2) is 48.5 Å². The number of hydroxylamine groups is 2. The number of cyclic esters (lactones) is 1. The molecule has 1 amide bonds. The zero-order valence-electron chi connectivity index (χ0n) is 14.5. The predicted molar refractivity (Wildman–Crippen MR) is 89.0 cm³/mol. The van der Waals surface area contributed by atoms with Crippen LogP contribution in [-0.2, 0) is 21.3 Å². The van der Waals surface area contributed by atoms with Crippen LogP contribution in [0, 0.1) is 0 Å². The van der Waals surface area contributed by atoms with E-state index in [1.807, 2.05) is 6.07 Å². The number of alkyl halides is 3. The third kappa shape index (κ3) is 2.82. The monoisotopic (exact) mass is 365 g/mol. The summed E-state index contributed by atoms with van der Waals surface area (Å²) < 4.78 is 45.2. The number of carbonyl (C=O) groups is 1. The number of halogens is 3. The van der Waals surface area contributed by atoms with E-state index in [4.69, 9.17) is 9.57 Å². The molecule has 2 aromatic carbocycles. The van der Waals surface area contributed by atoms with Crippen molar-refractivity contribution in [3.8, 4) is 11.1 Å². The van der Waals surface area contributed by atoms with E-state index in [-0.39, 0.29) is 0 Å². The molecule has 3 rings (SSSR count). The van der Waals surface area contributed by atoms with Crippen molar-refractivity contribution in [2.75, 3.05) is 7.11 Å². The number of hydrogen-bond donors (Lipinski definition) is 0. The molecule has 1 aliphatic heterocycles. The number of ether oxygens (including phenoxy) is 1. The first-order chi connectivity index (χ1) is 12.2. The van der Waals surface area contributed by atoms with E-state index in [1.165, 1.54) is 13.2 Å². The molecule has 26 heavy (non-hydrogen) atoms. The van der Waals surface area contributed by atoms with E-state index >= 15 is 0 Å². The summed E-state index contributed by atoms with van der Waals surface area (Å²) >= 11 is 0. The van der Waals surface area contributed by atoms with Gasteiger partial charge in [-0.1, -0.05) is 36.4 Å². The largest absolute Gasteiger partial charge is 0.442 e. The Bertz CT molecular complexity index is 823. The summed E-state index contributed by atoms with van der Waals surface area (Å²) in [4.78, 5) is 17.2. The van der Waals surface area contributed by atoms with Crippen molar-refractivity contribution in [3.63, 3.8) is 0 Å². The molecule has 0 saturated carbocycles. The second kappa shape index (κ2) is 6.32. The van der Waals surface area contributed by atoms with E-state index in [1.54, 1.807) is 38.1 Å². The first-order valence-electron chi connectivity index (χ1n) is 8.01. The summed E-state index contributed by atoms with van der Waals surface area (Å²) in [6.07, 6.45) is -5.95. The fourth-order valence-corrected chi connectivity index (χ4v) is 3.27. The maximum Gasteiger partial charge on any atom is 0.435 e. The van der Waals surface area contributed by atoms with Crippen molar-refractivity contribution < 1.29 is 27.5 Å². The van der Waals surface area contributed by atoms with Gasteiger partial charge in [0.2, 0.25) is 0 Å². The van der Waals surface area contributed by atoms with E-state index in [0.717, 1.165) is 22.8 Å². The van der Waals surface area contributed by atoms with Crippen molar-refractivity contribution in [2.45, 2.75) is 31.7 Å². The lowest BCUT2D eigenvalue weighted by atomic mass is 9.81. The number of nitrogens with zero attached hydrogens (tertiary/aromatic N) is 1. The van der Waals surface area contributed by atoms with Gasteiger partial charge in [0.25, 0.3) is 0 Å². The summed E-state index contributed by atoms with van der Waals surface area (Å²) in [6, 6.07) is 12.5. The van der Waals surface area contributed by atoms with Crippen molar-refractivity contribution in [2.24, 2.45) is 0 Å². The fourth-order valence-electron chi connectivity index (χ4n) is 3.27. The van der Waals surface area contributed by atoms with E-state index < -0.39 is 29.5 Å². The molecule has 7 heteroatoms. The van der Waals surface area contributed by atoms with Crippen LogP contribution >= 0.6 is 0 Å². The zero-order chi connectivity index (χ0) is 19.1. The van der Waals surface area contributed by atoms with E-state index in [2.05, 4.69) is 0 Å². The van der Waals surface area contributed by atoms with Crippen LogP contribution in [0.1, 0.15) is 25.0 Å². The van der Waals surface area contributed by atoms with Crippen LogP contribution in [0.4, 0.5) is 18.0 Å². The highest BCUT2D eigenvalue weighted by Crippen LogP contribution is 2.45. The number of amides is 1. The summed E-state index contributed by atoms with van der Waals surface area (Å²) in [5.41, 5.74) is -0.402. The topological polar surface area (TPSA) is 38.8 Å². The highest BCUT2D eigenvalue weighted by molar-refractivity contribution is 5.75. The molecule has 1 fully saturated rings. The van der Waals surface area contributed by atoms with Gasteiger partial charge in [-0.2, -0.15) is 18.2 Å². The Hall–Kier alpha value is -2.54. The Labute approximate surface area is 149 Å². The predicted octanol–water partition coefficient (Wildman–Crippen LogP) is 4.99. The average Bonchev–Trinajstić information content (AvgIpc) is 2.83. The van der Waals surface area contributed by atoms with Crippen molar-refractivity contribution in [3.05, 3.63) is 59.7 Å². The van der Waals surface area contributed by atoms with E-state index in [9.17, 15) is 18.0 Å². The summed E-state index contributed by atoms with van der Waals surface area (Å²) in [5.74, 6) is 0. The van der Waals surface area contributed by atoms with Gasteiger partial charge in [-0.3, -0.25) is 4.84 Å². The Morgan fingerprint density at radius 1 is 1.15 bits per heavy atom. The smallest absolute Gasteiger partial charge is 0.435 e. The second-order valence-corrected chi connectivity index (χ2v) is 6.27.